The predicted octanol–water partition coefficient (Wildman–Crippen LogP) is 5.28. The molecule has 0 saturated heterocycles. The molecule has 0 spiro atoms. The van der Waals surface area contributed by atoms with E-state index in [1.54, 1.807) is 0 Å². The highest BCUT2D eigenvalue weighted by atomic mass is 79.9. The fraction of sp³-hybridized carbons (Fsp3) is 0.250. The minimum atomic E-state index is 0.465. The molecule has 1 unspecified atom stereocenters. The zero-order chi connectivity index (χ0) is 13.9. The molecule has 20 heavy (non-hydrogen) atoms. The summed E-state index contributed by atoms with van der Waals surface area (Å²) in [6, 6.07) is 14.5. The van der Waals surface area contributed by atoms with E-state index in [4.69, 9.17) is 16.3 Å². The van der Waals surface area contributed by atoms with Gasteiger partial charge in [-0.2, -0.15) is 0 Å². The molecule has 2 aromatic carbocycles. The standard InChI is InChI=1S/C16H14BrClOS/c17-14-6-3-5-12(9-18)16(14)19-10-13-8-11-4-1-2-7-15(11)20-13/h1-7,13H,8-10H2. The maximum Gasteiger partial charge on any atom is 0.137 e. The van der Waals surface area contributed by atoms with Crippen molar-refractivity contribution in [3.63, 3.8) is 0 Å². The van der Waals surface area contributed by atoms with Crippen molar-refractivity contribution in [2.45, 2.75) is 22.4 Å². The van der Waals surface area contributed by atoms with Crippen molar-refractivity contribution in [2.75, 3.05) is 6.61 Å². The molecule has 4 heteroatoms. The Labute approximate surface area is 136 Å². The van der Waals surface area contributed by atoms with Gasteiger partial charge in [0.05, 0.1) is 10.4 Å². The minimum absolute atomic E-state index is 0.465. The molecule has 0 saturated carbocycles. The van der Waals surface area contributed by atoms with E-state index in [2.05, 4.69) is 40.2 Å². The smallest absolute Gasteiger partial charge is 0.137 e. The van der Waals surface area contributed by atoms with Crippen LogP contribution in [0.1, 0.15) is 11.1 Å². The van der Waals surface area contributed by atoms with Gasteiger partial charge in [0.15, 0.2) is 0 Å². The van der Waals surface area contributed by atoms with Crippen LogP contribution in [-0.2, 0) is 12.3 Å². The number of halogens is 2. The molecular weight excluding hydrogens is 356 g/mol. The van der Waals surface area contributed by atoms with Gasteiger partial charge in [-0.15, -0.1) is 23.4 Å². The summed E-state index contributed by atoms with van der Waals surface area (Å²) >= 11 is 11.4. The van der Waals surface area contributed by atoms with Crippen molar-refractivity contribution in [3.05, 3.63) is 58.1 Å². The third-order valence-corrected chi connectivity index (χ3v) is 5.52. The lowest BCUT2D eigenvalue weighted by atomic mass is 10.1. The summed E-state index contributed by atoms with van der Waals surface area (Å²) in [5.74, 6) is 1.34. The molecule has 0 radical (unpaired) electrons. The second kappa shape index (κ2) is 6.42. The number of thioether (sulfide) groups is 1. The molecular formula is C16H14BrClOS. The first kappa shape index (κ1) is 14.3. The van der Waals surface area contributed by atoms with Crippen molar-refractivity contribution in [2.24, 2.45) is 0 Å². The second-order valence-electron chi connectivity index (χ2n) is 4.72. The minimum Gasteiger partial charge on any atom is -0.491 e. The van der Waals surface area contributed by atoms with Crippen LogP contribution in [0.2, 0.25) is 0 Å². The van der Waals surface area contributed by atoms with Gasteiger partial charge in [-0.05, 0) is 40.0 Å². The molecule has 1 heterocycles. The van der Waals surface area contributed by atoms with E-state index >= 15 is 0 Å². The Morgan fingerprint density at radius 3 is 2.85 bits per heavy atom. The Bertz CT molecular complexity index is 592. The molecule has 1 aliphatic heterocycles. The maximum atomic E-state index is 6.02. The molecule has 3 rings (SSSR count). The van der Waals surface area contributed by atoms with E-state index in [1.165, 1.54) is 10.5 Å². The highest BCUT2D eigenvalue weighted by Gasteiger charge is 2.22. The first-order valence-corrected chi connectivity index (χ1v) is 8.69. The lowest BCUT2D eigenvalue weighted by Gasteiger charge is -2.15. The number of para-hydroxylation sites is 1. The number of hydrogen-bond acceptors (Lipinski definition) is 2. The van der Waals surface area contributed by atoms with Crippen LogP contribution in [0.15, 0.2) is 51.8 Å². The molecule has 1 aliphatic rings. The number of fused-ring (bicyclic) bond motifs is 1. The van der Waals surface area contributed by atoms with Gasteiger partial charge < -0.3 is 4.74 Å². The van der Waals surface area contributed by atoms with Gasteiger partial charge in [0.1, 0.15) is 12.4 Å². The van der Waals surface area contributed by atoms with Gasteiger partial charge in [-0.3, -0.25) is 0 Å². The maximum absolute atomic E-state index is 6.02. The molecule has 2 aromatic rings. The molecule has 0 N–H and O–H groups in total. The van der Waals surface area contributed by atoms with E-state index < -0.39 is 0 Å². The Morgan fingerprint density at radius 2 is 2.05 bits per heavy atom. The van der Waals surface area contributed by atoms with Crippen molar-refractivity contribution in [3.8, 4) is 5.75 Å². The molecule has 0 aromatic heterocycles. The lowest BCUT2D eigenvalue weighted by molar-refractivity contribution is 0.313. The van der Waals surface area contributed by atoms with Gasteiger partial charge in [0, 0.05) is 15.7 Å². The highest BCUT2D eigenvalue weighted by Crippen LogP contribution is 2.38. The first-order valence-electron chi connectivity index (χ1n) is 6.48. The molecule has 0 aliphatic carbocycles. The summed E-state index contributed by atoms with van der Waals surface area (Å²) in [5.41, 5.74) is 2.46. The van der Waals surface area contributed by atoms with Gasteiger partial charge in [0.25, 0.3) is 0 Å². The average molecular weight is 370 g/mol. The average Bonchev–Trinajstić information content (AvgIpc) is 2.88. The number of benzene rings is 2. The SMILES string of the molecule is ClCc1cccc(Br)c1OCC1Cc2ccccc2S1. The van der Waals surface area contributed by atoms with Crippen LogP contribution in [0.5, 0.6) is 5.75 Å². The Kier molecular flexibility index (Phi) is 4.59. The normalized spacial score (nSPS) is 17.0. The van der Waals surface area contributed by atoms with Gasteiger partial charge in [-0.25, -0.2) is 0 Å². The van der Waals surface area contributed by atoms with Gasteiger partial charge >= 0.3 is 0 Å². The largest absolute Gasteiger partial charge is 0.491 e. The van der Waals surface area contributed by atoms with Crippen LogP contribution in [-0.4, -0.2) is 11.9 Å². The van der Waals surface area contributed by atoms with Crippen LogP contribution in [0.25, 0.3) is 0 Å². The van der Waals surface area contributed by atoms with Crippen LogP contribution >= 0.6 is 39.3 Å². The van der Waals surface area contributed by atoms with Crippen molar-refractivity contribution < 1.29 is 4.74 Å². The predicted molar refractivity (Wildman–Crippen MR) is 89.0 cm³/mol. The van der Waals surface area contributed by atoms with E-state index in [9.17, 15) is 0 Å². The second-order valence-corrected chi connectivity index (χ2v) is 7.19. The summed E-state index contributed by atoms with van der Waals surface area (Å²) in [7, 11) is 0. The number of alkyl halides is 1. The van der Waals surface area contributed by atoms with E-state index in [0.29, 0.717) is 17.7 Å². The summed E-state index contributed by atoms with van der Waals surface area (Å²) in [5, 5.41) is 0.475. The molecule has 0 fully saturated rings. The molecule has 0 amide bonds. The zero-order valence-electron chi connectivity index (χ0n) is 10.8. The lowest BCUT2D eigenvalue weighted by Crippen LogP contribution is -2.14. The zero-order valence-corrected chi connectivity index (χ0v) is 14.0. The van der Waals surface area contributed by atoms with Crippen LogP contribution < -0.4 is 4.74 Å². The van der Waals surface area contributed by atoms with E-state index in [1.807, 2.05) is 30.0 Å². The van der Waals surface area contributed by atoms with E-state index in [0.717, 1.165) is 22.2 Å². The number of ether oxygens (including phenoxy) is 1. The Hall–Kier alpha value is -0.640. The summed E-state index contributed by atoms with van der Waals surface area (Å²) in [4.78, 5) is 1.38. The first-order chi connectivity index (χ1) is 9.78. The Morgan fingerprint density at radius 1 is 1.20 bits per heavy atom. The van der Waals surface area contributed by atoms with Crippen LogP contribution in [0.4, 0.5) is 0 Å². The molecule has 104 valence electrons. The number of hydrogen-bond donors (Lipinski definition) is 0. The van der Waals surface area contributed by atoms with Crippen molar-refractivity contribution >= 4 is 39.3 Å². The molecule has 0 bridgehead atoms. The third kappa shape index (κ3) is 3.00. The monoisotopic (exact) mass is 368 g/mol. The third-order valence-electron chi connectivity index (χ3n) is 3.32. The van der Waals surface area contributed by atoms with Crippen molar-refractivity contribution in [1.82, 2.24) is 0 Å². The van der Waals surface area contributed by atoms with E-state index in [-0.39, 0.29) is 0 Å². The van der Waals surface area contributed by atoms with Gasteiger partial charge in [-0.1, -0.05) is 30.3 Å². The topological polar surface area (TPSA) is 9.23 Å². The number of rotatable bonds is 4. The molecule has 1 atom stereocenters. The van der Waals surface area contributed by atoms with Crippen LogP contribution in [0, 0.1) is 0 Å². The Balaban J connectivity index is 1.67. The fourth-order valence-electron chi connectivity index (χ4n) is 2.34. The summed E-state index contributed by atoms with van der Waals surface area (Å²) in [6.45, 7) is 0.700. The van der Waals surface area contributed by atoms with Crippen LogP contribution in [0.3, 0.4) is 0 Å². The molecule has 1 nitrogen and oxygen atoms in total. The fourth-order valence-corrected chi connectivity index (χ4v) is 4.29. The van der Waals surface area contributed by atoms with Gasteiger partial charge in [0.2, 0.25) is 0 Å². The summed E-state index contributed by atoms with van der Waals surface area (Å²) in [6.07, 6.45) is 1.07. The quantitative estimate of drug-likeness (QED) is 0.678. The highest BCUT2D eigenvalue weighted by molar-refractivity contribution is 9.10. The summed E-state index contributed by atoms with van der Waals surface area (Å²) < 4.78 is 6.99. The van der Waals surface area contributed by atoms with Crippen molar-refractivity contribution in [1.29, 1.82) is 0 Å².